The molecule has 0 spiro atoms. The molecule has 36 heavy (non-hydrogen) atoms. The molecule has 0 radical (unpaired) electrons. The Balaban J connectivity index is 1.43. The zero-order chi connectivity index (χ0) is 24.9. The number of non-ortho nitro benzene ring substituents is 1. The first kappa shape index (κ1) is 23.2. The van der Waals surface area contributed by atoms with E-state index in [-0.39, 0.29) is 18.0 Å². The van der Waals surface area contributed by atoms with Crippen molar-refractivity contribution in [1.82, 2.24) is 14.8 Å². The number of amides is 1. The Morgan fingerprint density at radius 2 is 1.78 bits per heavy atom. The van der Waals surface area contributed by atoms with Crippen LogP contribution in [-0.2, 0) is 16.0 Å². The fourth-order valence-corrected chi connectivity index (χ4v) is 4.13. The van der Waals surface area contributed by atoms with Gasteiger partial charge in [-0.3, -0.25) is 14.9 Å². The predicted octanol–water partition coefficient (Wildman–Crippen LogP) is 3.86. The molecule has 0 unspecified atom stereocenters. The highest BCUT2D eigenvalue weighted by molar-refractivity contribution is 5.95. The highest BCUT2D eigenvalue weighted by atomic mass is 16.6. The van der Waals surface area contributed by atoms with Crippen LogP contribution in [0.5, 0.6) is 0 Å². The molecule has 4 aromatic rings. The lowest BCUT2D eigenvalue weighted by molar-refractivity contribution is -0.384. The van der Waals surface area contributed by atoms with Gasteiger partial charge in [0.2, 0.25) is 5.91 Å². The van der Waals surface area contributed by atoms with Gasteiger partial charge in [-0.1, -0.05) is 18.2 Å². The monoisotopic (exact) mass is 484 g/mol. The summed E-state index contributed by atoms with van der Waals surface area (Å²) in [7, 11) is 0. The number of nitro groups is 1. The minimum Gasteiger partial charge on any atom is -0.378 e. The molecule has 3 heterocycles. The van der Waals surface area contributed by atoms with Crippen molar-refractivity contribution in [2.24, 2.45) is 0 Å². The first-order chi connectivity index (χ1) is 17.6. The molecule has 5 rings (SSSR count). The Kier molecular flexibility index (Phi) is 6.67. The molecule has 0 saturated carbocycles. The molecule has 0 aliphatic carbocycles. The van der Waals surface area contributed by atoms with Crippen molar-refractivity contribution in [3.8, 4) is 16.9 Å². The number of ether oxygens (including phenoxy) is 1. The van der Waals surface area contributed by atoms with Crippen LogP contribution >= 0.6 is 0 Å². The summed E-state index contributed by atoms with van der Waals surface area (Å²) >= 11 is 0. The van der Waals surface area contributed by atoms with E-state index in [1.807, 2.05) is 42.6 Å². The number of hydrogen-bond acceptors (Lipinski definition) is 7. The summed E-state index contributed by atoms with van der Waals surface area (Å²) in [6, 6.07) is 19.4. The molecule has 1 fully saturated rings. The molecular formula is C26H24N6O4. The predicted molar refractivity (Wildman–Crippen MR) is 135 cm³/mol. The molecule has 1 amide bonds. The third-order valence-electron chi connectivity index (χ3n) is 5.88. The number of benzene rings is 2. The summed E-state index contributed by atoms with van der Waals surface area (Å²) in [5.74, 6) is 0.498. The summed E-state index contributed by atoms with van der Waals surface area (Å²) in [6.07, 6.45) is 3.59. The van der Waals surface area contributed by atoms with E-state index in [4.69, 9.17) is 9.84 Å². The van der Waals surface area contributed by atoms with Crippen LogP contribution in [0.4, 0.5) is 17.2 Å². The summed E-state index contributed by atoms with van der Waals surface area (Å²) in [4.78, 5) is 30.4. The topological polar surface area (TPSA) is 115 Å². The number of aromatic nitrogens is 3. The third-order valence-corrected chi connectivity index (χ3v) is 5.88. The van der Waals surface area contributed by atoms with Crippen LogP contribution in [0.15, 0.2) is 79.1 Å². The van der Waals surface area contributed by atoms with Crippen LogP contribution < -0.4 is 10.2 Å². The summed E-state index contributed by atoms with van der Waals surface area (Å²) in [6.45, 7) is 2.63. The van der Waals surface area contributed by atoms with Gasteiger partial charge >= 0.3 is 0 Å². The van der Waals surface area contributed by atoms with Gasteiger partial charge in [-0.15, -0.1) is 0 Å². The molecular weight excluding hydrogens is 460 g/mol. The third kappa shape index (κ3) is 5.08. The number of anilines is 2. The number of morpholine rings is 1. The lowest BCUT2D eigenvalue weighted by atomic mass is 10.1. The van der Waals surface area contributed by atoms with Crippen LogP contribution in [0.1, 0.15) is 5.56 Å². The molecule has 1 N–H and O–H groups in total. The average Bonchev–Trinajstić information content (AvgIpc) is 3.33. The molecule has 182 valence electrons. The number of pyridine rings is 1. The fraction of sp³-hybridized carbons (Fsp3) is 0.192. The van der Waals surface area contributed by atoms with Gasteiger partial charge in [-0.2, -0.15) is 5.10 Å². The molecule has 1 aliphatic heterocycles. The maximum absolute atomic E-state index is 13.2. The molecule has 0 atom stereocenters. The van der Waals surface area contributed by atoms with Gasteiger partial charge in [0, 0.05) is 48.7 Å². The Morgan fingerprint density at radius 3 is 2.50 bits per heavy atom. The second-order valence-corrected chi connectivity index (χ2v) is 8.29. The zero-order valence-corrected chi connectivity index (χ0v) is 19.4. The lowest BCUT2D eigenvalue weighted by Crippen LogP contribution is -2.37. The van der Waals surface area contributed by atoms with Crippen molar-refractivity contribution in [2.45, 2.75) is 6.42 Å². The number of carbonyl (C=O) groups is 1. The smallest absolute Gasteiger partial charge is 0.269 e. The second-order valence-electron chi connectivity index (χ2n) is 8.29. The van der Waals surface area contributed by atoms with E-state index in [1.165, 1.54) is 12.1 Å². The van der Waals surface area contributed by atoms with Crippen molar-refractivity contribution in [3.05, 3.63) is 94.8 Å². The fourth-order valence-electron chi connectivity index (χ4n) is 4.13. The lowest BCUT2D eigenvalue weighted by Gasteiger charge is -2.29. The number of para-hydroxylation sites is 1. The van der Waals surface area contributed by atoms with Crippen molar-refractivity contribution in [1.29, 1.82) is 0 Å². The zero-order valence-electron chi connectivity index (χ0n) is 19.4. The van der Waals surface area contributed by atoms with Crippen molar-refractivity contribution in [2.75, 3.05) is 36.5 Å². The van der Waals surface area contributed by atoms with Gasteiger partial charge in [0.05, 0.1) is 41.6 Å². The number of nitrogens with zero attached hydrogens (tertiary/aromatic N) is 5. The van der Waals surface area contributed by atoms with Crippen molar-refractivity contribution in [3.63, 3.8) is 0 Å². The Labute approximate surface area is 207 Å². The molecule has 2 aromatic heterocycles. The van der Waals surface area contributed by atoms with Crippen molar-refractivity contribution >= 4 is 23.1 Å². The number of hydrogen-bond donors (Lipinski definition) is 1. The largest absolute Gasteiger partial charge is 0.378 e. The van der Waals surface area contributed by atoms with Crippen LogP contribution in [0.2, 0.25) is 0 Å². The van der Waals surface area contributed by atoms with E-state index in [9.17, 15) is 14.9 Å². The van der Waals surface area contributed by atoms with E-state index < -0.39 is 4.92 Å². The Bertz CT molecular complexity index is 1360. The molecule has 1 saturated heterocycles. The molecule has 0 bridgehead atoms. The summed E-state index contributed by atoms with van der Waals surface area (Å²) < 4.78 is 7.14. The summed E-state index contributed by atoms with van der Waals surface area (Å²) in [5, 5.41) is 18.8. The first-order valence-corrected chi connectivity index (χ1v) is 11.5. The van der Waals surface area contributed by atoms with Crippen LogP contribution in [0, 0.1) is 10.1 Å². The second kappa shape index (κ2) is 10.4. The van der Waals surface area contributed by atoms with E-state index in [0.29, 0.717) is 54.6 Å². The quantitative estimate of drug-likeness (QED) is 0.313. The minimum atomic E-state index is -0.444. The molecule has 10 nitrogen and oxygen atoms in total. The normalized spacial score (nSPS) is 13.4. The van der Waals surface area contributed by atoms with E-state index in [2.05, 4.69) is 15.2 Å². The van der Waals surface area contributed by atoms with Gasteiger partial charge in [0.15, 0.2) is 5.82 Å². The van der Waals surface area contributed by atoms with E-state index >= 15 is 0 Å². The summed E-state index contributed by atoms with van der Waals surface area (Å²) in [5.41, 5.74) is 3.44. The molecule has 2 aromatic carbocycles. The standard InChI is InChI=1S/C26H24N6O4/c33-24(28-23-7-4-12-27-26(23)30-13-15-36-16-14-30)17-20-18-31(21-5-2-1-3-6-21)29-25(20)19-8-10-22(11-9-19)32(34)35/h1-12,18H,13-17H2,(H,28,33). The highest BCUT2D eigenvalue weighted by Gasteiger charge is 2.20. The van der Waals surface area contributed by atoms with Gasteiger partial charge in [0.25, 0.3) is 5.69 Å². The maximum Gasteiger partial charge on any atom is 0.269 e. The molecule has 10 heteroatoms. The number of nitrogens with one attached hydrogen (secondary N) is 1. The first-order valence-electron chi connectivity index (χ1n) is 11.5. The van der Waals surface area contributed by atoms with Gasteiger partial charge in [-0.05, 0) is 36.4 Å². The molecule has 1 aliphatic rings. The van der Waals surface area contributed by atoms with E-state index in [1.54, 1.807) is 29.1 Å². The minimum absolute atomic E-state index is 0.00671. The van der Waals surface area contributed by atoms with Crippen molar-refractivity contribution < 1.29 is 14.5 Å². The highest BCUT2D eigenvalue weighted by Crippen LogP contribution is 2.28. The maximum atomic E-state index is 13.2. The van der Waals surface area contributed by atoms with E-state index in [0.717, 1.165) is 5.69 Å². The van der Waals surface area contributed by atoms with Crippen LogP contribution in [0.25, 0.3) is 16.9 Å². The van der Waals surface area contributed by atoms with Gasteiger partial charge in [0.1, 0.15) is 0 Å². The van der Waals surface area contributed by atoms with Crippen LogP contribution in [-0.4, -0.2) is 51.9 Å². The average molecular weight is 485 g/mol. The van der Waals surface area contributed by atoms with Gasteiger partial charge in [-0.25, -0.2) is 9.67 Å². The SMILES string of the molecule is O=C(Cc1cn(-c2ccccc2)nc1-c1ccc([N+](=O)[O-])cc1)Nc1cccnc1N1CCOCC1. The number of carbonyl (C=O) groups excluding carboxylic acids is 1. The Morgan fingerprint density at radius 1 is 1.03 bits per heavy atom. The van der Waals surface area contributed by atoms with Crippen LogP contribution in [0.3, 0.4) is 0 Å². The number of nitro benzene ring substituents is 1. The Hall–Kier alpha value is -4.57. The number of rotatable bonds is 7. The van der Waals surface area contributed by atoms with Gasteiger partial charge < -0.3 is 15.0 Å².